The van der Waals surface area contributed by atoms with E-state index in [0.717, 1.165) is 12.8 Å². The van der Waals surface area contributed by atoms with Crippen molar-refractivity contribution in [1.29, 1.82) is 0 Å². The molecular formula is C15H28N2O2. The van der Waals surface area contributed by atoms with Crippen LogP contribution in [-0.2, 0) is 9.59 Å². The number of carbonyl (C=O) groups excluding carboxylic acids is 2. The second-order valence-electron chi connectivity index (χ2n) is 8.08. The molecule has 0 aliphatic heterocycles. The molecule has 0 radical (unpaired) electrons. The van der Waals surface area contributed by atoms with Gasteiger partial charge in [-0.2, -0.15) is 0 Å². The summed E-state index contributed by atoms with van der Waals surface area (Å²) >= 11 is 0. The van der Waals surface area contributed by atoms with E-state index in [-0.39, 0.29) is 28.7 Å². The molecule has 0 spiro atoms. The molecule has 4 nitrogen and oxygen atoms in total. The number of primary amides is 1. The zero-order chi connectivity index (χ0) is 15.1. The maximum atomic E-state index is 12.5. The van der Waals surface area contributed by atoms with Crippen LogP contribution in [0, 0.1) is 16.7 Å². The molecule has 110 valence electrons. The Kier molecular flexibility index (Phi) is 4.04. The van der Waals surface area contributed by atoms with E-state index >= 15 is 0 Å². The minimum absolute atomic E-state index is 0.00900. The number of nitrogens with two attached hydrogens (primary N) is 1. The second-order valence-corrected chi connectivity index (χ2v) is 8.08. The highest BCUT2D eigenvalue weighted by molar-refractivity contribution is 5.92. The van der Waals surface area contributed by atoms with Crippen LogP contribution in [0.25, 0.3) is 0 Å². The lowest BCUT2D eigenvalue weighted by molar-refractivity contribution is -0.137. The number of nitrogens with one attached hydrogen (secondary N) is 1. The van der Waals surface area contributed by atoms with Gasteiger partial charge in [0.1, 0.15) is 0 Å². The molecule has 19 heavy (non-hydrogen) atoms. The normalized spacial score (nSPS) is 19.7. The summed E-state index contributed by atoms with van der Waals surface area (Å²) in [5.74, 6) is -0.686. The molecule has 1 unspecified atom stereocenters. The van der Waals surface area contributed by atoms with Crippen LogP contribution in [0.1, 0.15) is 60.8 Å². The highest BCUT2D eigenvalue weighted by Crippen LogP contribution is 2.54. The Hall–Kier alpha value is -1.06. The van der Waals surface area contributed by atoms with E-state index in [1.54, 1.807) is 0 Å². The van der Waals surface area contributed by atoms with Crippen LogP contribution < -0.4 is 11.1 Å². The van der Waals surface area contributed by atoms with Crippen LogP contribution in [0.15, 0.2) is 0 Å². The summed E-state index contributed by atoms with van der Waals surface area (Å²) in [5.41, 5.74) is 4.63. The number of hydrogen-bond donors (Lipinski definition) is 2. The van der Waals surface area contributed by atoms with Crippen LogP contribution in [0.2, 0.25) is 0 Å². The van der Waals surface area contributed by atoms with Crippen LogP contribution in [0.4, 0.5) is 0 Å². The number of rotatable bonds is 4. The summed E-state index contributed by atoms with van der Waals surface area (Å²) in [6, 6.07) is 0. The van der Waals surface area contributed by atoms with Gasteiger partial charge in [0.05, 0.1) is 11.3 Å². The molecule has 1 aliphatic rings. The van der Waals surface area contributed by atoms with E-state index in [9.17, 15) is 9.59 Å². The van der Waals surface area contributed by atoms with Gasteiger partial charge in [0.25, 0.3) is 0 Å². The Morgan fingerprint density at radius 2 is 1.63 bits per heavy atom. The van der Waals surface area contributed by atoms with Gasteiger partial charge in [-0.05, 0) is 45.4 Å². The topological polar surface area (TPSA) is 72.2 Å². The van der Waals surface area contributed by atoms with Gasteiger partial charge in [-0.1, -0.05) is 20.8 Å². The van der Waals surface area contributed by atoms with E-state index in [0.29, 0.717) is 6.42 Å². The number of carbonyl (C=O) groups is 2. The van der Waals surface area contributed by atoms with E-state index in [2.05, 4.69) is 26.1 Å². The third-order valence-electron chi connectivity index (χ3n) is 3.58. The smallest absolute Gasteiger partial charge is 0.224 e. The minimum Gasteiger partial charge on any atom is -0.369 e. The summed E-state index contributed by atoms with van der Waals surface area (Å²) in [4.78, 5) is 24.2. The van der Waals surface area contributed by atoms with Crippen LogP contribution >= 0.6 is 0 Å². The quantitative estimate of drug-likeness (QED) is 0.820. The fraction of sp³-hybridized carbons (Fsp3) is 0.867. The van der Waals surface area contributed by atoms with Gasteiger partial charge >= 0.3 is 0 Å². The summed E-state index contributed by atoms with van der Waals surface area (Å²) in [7, 11) is 0. The largest absolute Gasteiger partial charge is 0.369 e. The second kappa shape index (κ2) is 4.80. The van der Waals surface area contributed by atoms with Crippen LogP contribution in [-0.4, -0.2) is 17.4 Å². The maximum Gasteiger partial charge on any atom is 0.224 e. The first-order chi connectivity index (χ1) is 8.37. The minimum atomic E-state index is -0.609. The van der Waals surface area contributed by atoms with Gasteiger partial charge in [0.2, 0.25) is 11.8 Å². The summed E-state index contributed by atoms with van der Waals surface area (Å²) in [6.45, 7) is 12.1. The molecule has 1 rings (SSSR count). The van der Waals surface area contributed by atoms with Crippen molar-refractivity contribution in [2.24, 2.45) is 22.5 Å². The Morgan fingerprint density at radius 3 is 1.89 bits per heavy atom. The molecular weight excluding hydrogens is 240 g/mol. The van der Waals surface area contributed by atoms with E-state index in [1.165, 1.54) is 0 Å². The zero-order valence-corrected chi connectivity index (χ0v) is 13.1. The van der Waals surface area contributed by atoms with Gasteiger partial charge in [-0.3, -0.25) is 9.59 Å². The van der Waals surface area contributed by atoms with E-state index in [4.69, 9.17) is 5.73 Å². The lowest BCUT2D eigenvalue weighted by Gasteiger charge is -2.32. The fourth-order valence-electron chi connectivity index (χ4n) is 2.51. The molecule has 1 atom stereocenters. The monoisotopic (exact) mass is 268 g/mol. The van der Waals surface area contributed by atoms with Gasteiger partial charge in [0, 0.05) is 5.54 Å². The van der Waals surface area contributed by atoms with Crippen LogP contribution in [0.5, 0.6) is 0 Å². The van der Waals surface area contributed by atoms with Crippen molar-refractivity contribution in [3.8, 4) is 0 Å². The Balaban J connectivity index is 2.94. The van der Waals surface area contributed by atoms with Crippen molar-refractivity contribution in [3.63, 3.8) is 0 Å². The SMILES string of the molecule is CC(C)(C)CC(C(=O)NC(C)(C)C)C1(C(N)=O)CC1. The Labute approximate surface area is 116 Å². The molecule has 0 heterocycles. The predicted octanol–water partition coefficient (Wildman–Crippen LogP) is 2.22. The third kappa shape index (κ3) is 4.22. The third-order valence-corrected chi connectivity index (χ3v) is 3.58. The molecule has 0 aromatic heterocycles. The molecule has 4 heteroatoms. The lowest BCUT2D eigenvalue weighted by atomic mass is 9.75. The summed E-state index contributed by atoms with van der Waals surface area (Å²) in [5, 5.41) is 3.00. The average Bonchev–Trinajstić information content (AvgIpc) is 2.89. The molecule has 1 fully saturated rings. The lowest BCUT2D eigenvalue weighted by Crippen LogP contribution is -2.49. The van der Waals surface area contributed by atoms with Gasteiger partial charge < -0.3 is 11.1 Å². The molecule has 1 aliphatic carbocycles. The summed E-state index contributed by atoms with van der Waals surface area (Å²) in [6.07, 6.45) is 2.15. The van der Waals surface area contributed by atoms with Crippen molar-refractivity contribution >= 4 is 11.8 Å². The maximum absolute atomic E-state index is 12.5. The van der Waals surface area contributed by atoms with Gasteiger partial charge in [0.15, 0.2) is 0 Å². The standard InChI is InChI=1S/C15H28N2O2/c1-13(2,3)9-10(11(18)17-14(4,5)6)15(7-8-15)12(16)19/h10H,7-9H2,1-6H3,(H2,16,19)(H,17,18). The van der Waals surface area contributed by atoms with Gasteiger partial charge in [-0.15, -0.1) is 0 Å². The molecule has 1 saturated carbocycles. The van der Waals surface area contributed by atoms with Crippen LogP contribution in [0.3, 0.4) is 0 Å². The van der Waals surface area contributed by atoms with E-state index < -0.39 is 5.41 Å². The Bertz CT molecular complexity index is 371. The molecule has 0 saturated heterocycles. The molecule has 0 aromatic rings. The fourth-order valence-corrected chi connectivity index (χ4v) is 2.51. The van der Waals surface area contributed by atoms with Crippen molar-refractivity contribution in [1.82, 2.24) is 5.32 Å². The predicted molar refractivity (Wildman–Crippen MR) is 76.3 cm³/mol. The zero-order valence-electron chi connectivity index (χ0n) is 13.1. The van der Waals surface area contributed by atoms with E-state index in [1.807, 2.05) is 20.8 Å². The van der Waals surface area contributed by atoms with Crippen molar-refractivity contribution in [3.05, 3.63) is 0 Å². The molecule has 2 amide bonds. The molecule has 0 aromatic carbocycles. The molecule has 0 bridgehead atoms. The number of hydrogen-bond acceptors (Lipinski definition) is 2. The first kappa shape index (κ1) is 16.0. The molecule has 3 N–H and O–H groups in total. The average molecular weight is 268 g/mol. The Morgan fingerprint density at radius 1 is 1.16 bits per heavy atom. The van der Waals surface area contributed by atoms with Gasteiger partial charge in [-0.25, -0.2) is 0 Å². The first-order valence-electron chi connectivity index (χ1n) is 6.99. The van der Waals surface area contributed by atoms with Crippen molar-refractivity contribution in [2.45, 2.75) is 66.3 Å². The highest BCUT2D eigenvalue weighted by Gasteiger charge is 2.57. The highest BCUT2D eigenvalue weighted by atomic mass is 16.2. The van der Waals surface area contributed by atoms with Crippen molar-refractivity contribution < 1.29 is 9.59 Å². The first-order valence-corrected chi connectivity index (χ1v) is 6.99. The summed E-state index contributed by atoms with van der Waals surface area (Å²) < 4.78 is 0. The van der Waals surface area contributed by atoms with Crippen molar-refractivity contribution in [2.75, 3.05) is 0 Å². The number of amides is 2.